The van der Waals surface area contributed by atoms with Gasteiger partial charge in [0, 0.05) is 5.57 Å². The van der Waals surface area contributed by atoms with E-state index in [-0.39, 0.29) is 0 Å². The van der Waals surface area contributed by atoms with E-state index in [2.05, 4.69) is 13.0 Å². The largest absolute Gasteiger partial charge is 0.298 e. The lowest BCUT2D eigenvalue weighted by atomic mass is 10.1. The van der Waals surface area contributed by atoms with Crippen molar-refractivity contribution >= 4 is 6.29 Å². The minimum absolute atomic E-state index is 0.732. The molecule has 0 atom stereocenters. The van der Waals surface area contributed by atoms with Crippen molar-refractivity contribution in [3.05, 3.63) is 36.0 Å². The molecular weight excluding hydrogens is 244 g/mol. The van der Waals surface area contributed by atoms with Crippen LogP contribution in [0.5, 0.6) is 0 Å². The summed E-state index contributed by atoms with van der Waals surface area (Å²) in [7, 11) is 0. The van der Waals surface area contributed by atoms with Crippen LogP contribution in [0.25, 0.3) is 0 Å². The fraction of sp³-hybridized carbons (Fsp3) is 0.632. The molecule has 0 aliphatic carbocycles. The number of aldehydes is 1. The predicted octanol–water partition coefficient (Wildman–Crippen LogP) is 6.16. The van der Waals surface area contributed by atoms with Crippen molar-refractivity contribution in [3.63, 3.8) is 0 Å². The van der Waals surface area contributed by atoms with E-state index in [1.807, 2.05) is 31.2 Å². The average molecular weight is 276 g/mol. The molecule has 0 unspecified atom stereocenters. The van der Waals surface area contributed by atoms with E-state index in [9.17, 15) is 4.79 Å². The van der Waals surface area contributed by atoms with Gasteiger partial charge in [-0.1, -0.05) is 88.7 Å². The van der Waals surface area contributed by atoms with Crippen LogP contribution < -0.4 is 0 Å². The highest BCUT2D eigenvalue weighted by Gasteiger charge is 1.91. The molecule has 114 valence electrons. The van der Waals surface area contributed by atoms with Crippen LogP contribution >= 0.6 is 0 Å². The lowest BCUT2D eigenvalue weighted by molar-refractivity contribution is -0.104. The van der Waals surface area contributed by atoms with E-state index in [1.54, 1.807) is 0 Å². The van der Waals surface area contributed by atoms with Gasteiger partial charge in [-0.15, -0.1) is 0 Å². The lowest BCUT2D eigenvalue weighted by Gasteiger charge is -2.00. The van der Waals surface area contributed by atoms with Gasteiger partial charge in [0.1, 0.15) is 6.29 Å². The van der Waals surface area contributed by atoms with Gasteiger partial charge in [-0.05, 0) is 19.8 Å². The first-order valence-corrected chi connectivity index (χ1v) is 8.29. The van der Waals surface area contributed by atoms with Gasteiger partial charge in [0.15, 0.2) is 0 Å². The standard InChI is InChI=1S/C19H32O/c1-3-5-6-7-8-9-10-11-12-13-14-15-17-19(18-20)16-4-2/h4,14-18H,3,5-13H2,1-2H3/b15-14+,16-4+,19-17-. The fourth-order valence-electron chi connectivity index (χ4n) is 2.17. The smallest absolute Gasteiger partial charge is 0.150 e. The SMILES string of the molecule is C/C=C/C(C=O)=C/C=C/CCCCCCCCCCC. The summed E-state index contributed by atoms with van der Waals surface area (Å²) < 4.78 is 0. The Kier molecular flexibility index (Phi) is 15.1. The summed E-state index contributed by atoms with van der Waals surface area (Å²) in [6.45, 7) is 4.18. The number of carbonyl (C=O) groups excluding carboxylic acids is 1. The van der Waals surface area contributed by atoms with Crippen LogP contribution in [-0.2, 0) is 4.79 Å². The van der Waals surface area contributed by atoms with Gasteiger partial charge in [-0.25, -0.2) is 0 Å². The summed E-state index contributed by atoms with van der Waals surface area (Å²) in [5.41, 5.74) is 0.732. The average Bonchev–Trinajstić information content (AvgIpc) is 2.47. The third-order valence-corrected chi connectivity index (χ3v) is 3.39. The number of hydrogen-bond donors (Lipinski definition) is 0. The maximum absolute atomic E-state index is 10.7. The van der Waals surface area contributed by atoms with Gasteiger partial charge >= 0.3 is 0 Å². The topological polar surface area (TPSA) is 17.1 Å². The zero-order valence-electron chi connectivity index (χ0n) is 13.4. The van der Waals surface area contributed by atoms with Crippen molar-refractivity contribution in [2.24, 2.45) is 0 Å². The molecule has 0 aliphatic heterocycles. The van der Waals surface area contributed by atoms with Crippen molar-refractivity contribution in [2.45, 2.75) is 78.1 Å². The number of hydrogen-bond acceptors (Lipinski definition) is 1. The first kappa shape index (κ1) is 18.9. The van der Waals surface area contributed by atoms with Crippen LogP contribution in [0.2, 0.25) is 0 Å². The minimum Gasteiger partial charge on any atom is -0.298 e. The Bertz CT molecular complexity index is 297. The summed E-state index contributed by atoms with van der Waals surface area (Å²) in [6, 6.07) is 0. The lowest BCUT2D eigenvalue weighted by Crippen LogP contribution is -1.80. The van der Waals surface area contributed by atoms with Crippen LogP contribution in [0, 0.1) is 0 Å². The van der Waals surface area contributed by atoms with E-state index >= 15 is 0 Å². The molecule has 0 aromatic heterocycles. The summed E-state index contributed by atoms with van der Waals surface area (Å²) in [6.07, 6.45) is 24.1. The van der Waals surface area contributed by atoms with Gasteiger partial charge in [0.05, 0.1) is 0 Å². The molecule has 20 heavy (non-hydrogen) atoms. The second kappa shape index (κ2) is 15.9. The highest BCUT2D eigenvalue weighted by Crippen LogP contribution is 2.10. The van der Waals surface area contributed by atoms with Gasteiger partial charge in [-0.3, -0.25) is 4.79 Å². The molecule has 0 bridgehead atoms. The Labute approximate surface area is 125 Å². The Hall–Kier alpha value is -1.11. The number of unbranched alkanes of at least 4 members (excludes halogenated alkanes) is 9. The highest BCUT2D eigenvalue weighted by molar-refractivity contribution is 5.77. The van der Waals surface area contributed by atoms with Gasteiger partial charge in [0.2, 0.25) is 0 Å². The van der Waals surface area contributed by atoms with Gasteiger partial charge in [0.25, 0.3) is 0 Å². The maximum Gasteiger partial charge on any atom is 0.150 e. The maximum atomic E-state index is 10.7. The second-order valence-corrected chi connectivity index (χ2v) is 5.33. The molecule has 0 rings (SSSR count). The summed E-state index contributed by atoms with van der Waals surface area (Å²) in [5, 5.41) is 0. The van der Waals surface area contributed by atoms with Crippen molar-refractivity contribution in [1.82, 2.24) is 0 Å². The van der Waals surface area contributed by atoms with Crippen molar-refractivity contribution in [3.8, 4) is 0 Å². The first-order chi connectivity index (χ1) is 9.85. The number of carbonyl (C=O) groups is 1. The molecule has 0 aliphatic rings. The molecule has 0 saturated carbocycles. The first-order valence-electron chi connectivity index (χ1n) is 8.29. The Morgan fingerprint density at radius 3 is 2.05 bits per heavy atom. The molecule has 0 heterocycles. The van der Waals surface area contributed by atoms with Crippen LogP contribution in [-0.4, -0.2) is 6.29 Å². The third kappa shape index (κ3) is 13.3. The van der Waals surface area contributed by atoms with Gasteiger partial charge < -0.3 is 0 Å². The Morgan fingerprint density at radius 2 is 1.50 bits per heavy atom. The molecular formula is C19H32O. The van der Waals surface area contributed by atoms with Crippen LogP contribution in [0.4, 0.5) is 0 Å². The van der Waals surface area contributed by atoms with Crippen LogP contribution in [0.3, 0.4) is 0 Å². The summed E-state index contributed by atoms with van der Waals surface area (Å²) in [5.74, 6) is 0. The van der Waals surface area contributed by atoms with Crippen LogP contribution in [0.15, 0.2) is 36.0 Å². The van der Waals surface area contributed by atoms with E-state index in [0.717, 1.165) is 18.3 Å². The third-order valence-electron chi connectivity index (χ3n) is 3.39. The van der Waals surface area contributed by atoms with E-state index in [1.165, 1.54) is 57.8 Å². The van der Waals surface area contributed by atoms with Crippen LogP contribution in [0.1, 0.15) is 78.1 Å². The molecule has 0 spiro atoms. The number of allylic oxidation sites excluding steroid dienone is 6. The fourth-order valence-corrected chi connectivity index (χ4v) is 2.17. The van der Waals surface area contributed by atoms with Crippen molar-refractivity contribution < 1.29 is 4.79 Å². The zero-order valence-corrected chi connectivity index (χ0v) is 13.4. The molecule has 0 aromatic carbocycles. The van der Waals surface area contributed by atoms with E-state index in [4.69, 9.17) is 0 Å². The quantitative estimate of drug-likeness (QED) is 0.170. The molecule has 0 amide bonds. The molecule has 1 nitrogen and oxygen atoms in total. The van der Waals surface area contributed by atoms with Crippen molar-refractivity contribution in [1.29, 1.82) is 0 Å². The Balaban J connectivity index is 3.41. The summed E-state index contributed by atoms with van der Waals surface area (Å²) >= 11 is 0. The molecule has 0 saturated heterocycles. The molecule has 0 fully saturated rings. The molecule has 1 heteroatoms. The normalized spacial score (nSPS) is 12.6. The highest BCUT2D eigenvalue weighted by atomic mass is 16.1. The van der Waals surface area contributed by atoms with Crippen molar-refractivity contribution in [2.75, 3.05) is 0 Å². The molecule has 0 N–H and O–H groups in total. The molecule has 0 aromatic rings. The monoisotopic (exact) mass is 276 g/mol. The Morgan fingerprint density at radius 1 is 0.900 bits per heavy atom. The van der Waals surface area contributed by atoms with E-state index < -0.39 is 0 Å². The zero-order chi connectivity index (χ0) is 14.9. The second-order valence-electron chi connectivity index (χ2n) is 5.33. The molecule has 0 radical (unpaired) electrons. The summed E-state index contributed by atoms with van der Waals surface area (Å²) in [4.78, 5) is 10.7. The minimum atomic E-state index is 0.732. The number of rotatable bonds is 13. The predicted molar refractivity (Wildman–Crippen MR) is 89.9 cm³/mol. The van der Waals surface area contributed by atoms with E-state index in [0.29, 0.717) is 0 Å². The van der Waals surface area contributed by atoms with Gasteiger partial charge in [-0.2, -0.15) is 0 Å².